The van der Waals surface area contributed by atoms with Crippen LogP contribution in [0.25, 0.3) is 11.0 Å². The second-order valence-corrected chi connectivity index (χ2v) is 25.5. The molecule has 1 fully saturated rings. The van der Waals surface area contributed by atoms with Gasteiger partial charge in [0.25, 0.3) is 5.91 Å². The Hall–Kier alpha value is -6.70. The van der Waals surface area contributed by atoms with Gasteiger partial charge in [-0.25, -0.2) is 9.59 Å². The van der Waals surface area contributed by atoms with Gasteiger partial charge in [-0.3, -0.25) is 14.2 Å². The fourth-order valence-electron chi connectivity index (χ4n) is 10.1. The molecule has 1 aromatic heterocycles. The number of terminal acetylenes is 1. The first-order valence-corrected chi connectivity index (χ1v) is 35.7. The van der Waals surface area contributed by atoms with E-state index in [9.17, 15) is 44.2 Å². The van der Waals surface area contributed by atoms with Crippen LogP contribution in [-0.4, -0.2) is 251 Å². The summed E-state index contributed by atoms with van der Waals surface area (Å²) in [4.78, 5) is 56.2. The molecule has 1 aliphatic heterocycles. The van der Waals surface area contributed by atoms with Gasteiger partial charge in [0.1, 0.15) is 42.0 Å². The molecule has 5 aromatic rings. The number of carboxylic acids is 1. The zero-order valence-corrected chi connectivity index (χ0v) is 59.5. The van der Waals surface area contributed by atoms with Gasteiger partial charge in [0.15, 0.2) is 11.5 Å². The highest BCUT2D eigenvalue weighted by atomic mass is 35.5. The van der Waals surface area contributed by atoms with Crippen LogP contribution in [0.1, 0.15) is 64.7 Å². The number of benzene rings is 4. The molecule has 0 saturated carbocycles. The molecule has 29 nitrogen and oxygen atoms in total. The van der Waals surface area contributed by atoms with Crippen LogP contribution in [0.4, 0.5) is 10.5 Å². The Labute approximate surface area is 598 Å². The highest BCUT2D eigenvalue weighted by Crippen LogP contribution is 2.48. The number of rotatable bonds is 53. The minimum atomic E-state index is -4.28. The van der Waals surface area contributed by atoms with Crippen LogP contribution >= 0.6 is 19.1 Å². The van der Waals surface area contributed by atoms with Crippen molar-refractivity contribution in [2.24, 2.45) is 5.92 Å². The number of hydrogen-bond acceptors (Lipinski definition) is 25. The number of fused-ring (bicyclic) bond motifs is 1. The van der Waals surface area contributed by atoms with Crippen molar-refractivity contribution in [3.8, 4) is 17.8 Å². The second kappa shape index (κ2) is 47.6. The highest BCUT2D eigenvalue weighted by Gasteiger charge is 2.48. The number of halogens is 1. The zero-order chi connectivity index (χ0) is 73.3. The number of carbonyl (C=O) groups excluding carboxylic acids is 2. The number of carboxylic acid groups (broad SMARTS) is 1. The van der Waals surface area contributed by atoms with Crippen molar-refractivity contribution in [2.75, 3.05) is 177 Å². The van der Waals surface area contributed by atoms with E-state index in [0.717, 1.165) is 11.1 Å². The number of nitrogens with zero attached hydrogens (tertiary/aromatic N) is 1. The number of anilines is 1. The Morgan fingerprint density at radius 1 is 0.657 bits per heavy atom. The number of aliphatic carboxylic acids is 1. The third-order valence-electron chi connectivity index (χ3n) is 15.2. The highest BCUT2D eigenvalue weighted by molar-refractivity contribution is 7.65. The number of alkyl carbamates (subject to hydrolysis) is 1. The summed E-state index contributed by atoms with van der Waals surface area (Å²) in [5.74, 6) is -2.23. The fourth-order valence-corrected chi connectivity index (χ4v) is 11.3. The summed E-state index contributed by atoms with van der Waals surface area (Å²) >= 11 is 6.42. The van der Waals surface area contributed by atoms with E-state index in [1.165, 1.54) is 18.2 Å². The van der Waals surface area contributed by atoms with Crippen LogP contribution < -0.4 is 20.6 Å². The first-order valence-electron chi connectivity index (χ1n) is 33.7. The number of aliphatic hydroxyl groups excluding tert-OH is 4. The predicted octanol–water partition coefficient (Wildman–Crippen LogP) is 6.16. The summed E-state index contributed by atoms with van der Waals surface area (Å²) < 4.78 is 103. The molecule has 0 radical (unpaired) electrons. The monoisotopic (exact) mass is 1470 g/mol. The van der Waals surface area contributed by atoms with E-state index in [2.05, 4.69) is 16.1 Å². The number of aliphatic hydroxyl groups is 4. The maximum atomic E-state index is 14.8. The molecular formula is C71H97ClN3O26P. The third kappa shape index (κ3) is 29.8. The Morgan fingerprint density at radius 3 is 1.68 bits per heavy atom. The van der Waals surface area contributed by atoms with Crippen LogP contribution in [0, 0.1) is 24.9 Å². The van der Waals surface area contributed by atoms with E-state index in [1.54, 1.807) is 35.2 Å². The van der Waals surface area contributed by atoms with Crippen molar-refractivity contribution in [1.82, 2.24) is 10.2 Å². The molecular weight excluding hydrogens is 1380 g/mol. The van der Waals surface area contributed by atoms with Crippen molar-refractivity contribution in [1.29, 1.82) is 0 Å². The maximum Gasteiger partial charge on any atom is 0.407 e. The van der Waals surface area contributed by atoms with E-state index in [0.29, 0.717) is 146 Å². The van der Waals surface area contributed by atoms with Gasteiger partial charge in [-0.1, -0.05) is 79.5 Å². The van der Waals surface area contributed by atoms with E-state index in [-0.39, 0.29) is 105 Å². The van der Waals surface area contributed by atoms with E-state index < -0.39 is 62.9 Å². The van der Waals surface area contributed by atoms with Gasteiger partial charge in [0.05, 0.1) is 176 Å². The van der Waals surface area contributed by atoms with Crippen LogP contribution in [0.15, 0.2) is 100 Å². The Balaban J connectivity index is 0.913. The molecule has 31 heteroatoms. The normalized spacial score (nSPS) is 16.9. The Kier molecular flexibility index (Phi) is 39.3. The minimum Gasteiger partial charge on any atom is -0.479 e. The standard InChI is InChI=1S/C71H97ClN3O26P/c1-5-102(85,98-45-44-96-43-42-95-41-40-94-39-38-93-37-36-92-35-34-91-33-32-90-31-30-89-29-28-88-27-26-87-25-24-86-23-22-76)74-58-47-53(14-19-59(58)100-70-65(80)63(78)64(79)67(101-70)69(82)83)49-97-71(84)73-20-9-21-75(68(81)54-15-12-51(4)13-16-54)61(50(2)3)66-57(46-52-10-7-6-8-11-52)62(77)56-18-17-55(72)48-60(56)99-66/h1,6-8,10-19,47-48,50,61,63-65,67,70,76,78-80H,9,20-46,49H2,2-4H3,(H,73,84)(H,74,85)(H,82,83)/t61-,63+,64+,65?,67?,70-,102?/m1/s1. The smallest absolute Gasteiger partial charge is 0.407 e. The molecule has 7 atom stereocenters. The van der Waals surface area contributed by atoms with Crippen molar-refractivity contribution >= 4 is 53.7 Å². The van der Waals surface area contributed by atoms with Crippen LogP contribution in [0.5, 0.6) is 5.75 Å². The molecule has 1 aliphatic rings. The summed E-state index contributed by atoms with van der Waals surface area (Å²) in [5, 5.41) is 56.0. The summed E-state index contributed by atoms with van der Waals surface area (Å²) in [7, 11) is -4.28. The molecule has 4 aromatic carbocycles. The molecule has 0 aliphatic carbocycles. The molecule has 3 unspecified atom stereocenters. The topological polar surface area (TPSA) is 365 Å². The second-order valence-electron chi connectivity index (χ2n) is 23.3. The van der Waals surface area contributed by atoms with Gasteiger partial charge < -0.3 is 116 Å². The number of nitrogens with one attached hydrogen (secondary N) is 2. The molecule has 2 heterocycles. The van der Waals surface area contributed by atoms with Gasteiger partial charge in [-0.15, -0.1) is 6.42 Å². The summed E-state index contributed by atoms with van der Waals surface area (Å²) in [6.07, 6.45) is -4.60. The SMILES string of the molecule is C#CP(=O)(Nc1cc(COC(=O)NCCCN(C(=O)c2ccc(C)cc2)[C@@H](c2oc3cc(Cl)ccc3c(=O)c2Cc2ccccc2)C(C)C)ccc1O[C@@H]1OC(C(=O)O)[C@@H](O)[C@H](O)C1O)OCCOCCOCCOCCOCCOCCOCCOCCOCCOCCOCCOCCO. The minimum absolute atomic E-state index is 0.00681. The third-order valence-corrected chi connectivity index (χ3v) is 16.9. The summed E-state index contributed by atoms with van der Waals surface area (Å²) in [5.41, 5.74) is 4.80. The Morgan fingerprint density at radius 2 is 1.18 bits per heavy atom. The van der Waals surface area contributed by atoms with Gasteiger partial charge in [0, 0.05) is 47.4 Å². The lowest BCUT2D eigenvalue weighted by atomic mass is 9.91. The molecule has 7 N–H and O–H groups in total. The predicted molar refractivity (Wildman–Crippen MR) is 373 cm³/mol. The zero-order valence-electron chi connectivity index (χ0n) is 57.9. The molecule has 6 rings (SSSR count). The first-order chi connectivity index (χ1) is 49.4. The van der Waals surface area contributed by atoms with Crippen LogP contribution in [0.2, 0.25) is 5.02 Å². The summed E-state index contributed by atoms with van der Waals surface area (Å²) in [6.45, 7) is 13.1. The van der Waals surface area contributed by atoms with Crippen molar-refractivity contribution in [2.45, 2.75) is 77.0 Å². The van der Waals surface area contributed by atoms with Crippen LogP contribution in [0.3, 0.4) is 0 Å². The fraction of sp³-hybridized carbons (Fsp3) is 0.549. The molecule has 1 saturated heterocycles. The molecule has 0 spiro atoms. The summed E-state index contributed by atoms with van der Waals surface area (Å²) in [6, 6.07) is 24.7. The molecule has 102 heavy (non-hydrogen) atoms. The molecule has 564 valence electrons. The number of carbonyl (C=O) groups is 3. The largest absolute Gasteiger partial charge is 0.479 e. The number of ether oxygens (including phenoxy) is 14. The lowest BCUT2D eigenvalue weighted by Gasteiger charge is -2.38. The number of aryl methyl sites for hydroxylation is 1. The van der Waals surface area contributed by atoms with Gasteiger partial charge >= 0.3 is 19.6 Å². The number of amides is 2. The van der Waals surface area contributed by atoms with E-state index in [1.807, 2.05) is 63.2 Å². The first kappa shape index (κ1) is 84.2. The van der Waals surface area contributed by atoms with Crippen molar-refractivity contribution < 1.29 is 120 Å². The quantitative estimate of drug-likeness (QED) is 0.0130. The van der Waals surface area contributed by atoms with Crippen molar-refractivity contribution in [3.63, 3.8) is 0 Å². The average Bonchev–Trinajstić information content (AvgIpc) is 0.760. The maximum absolute atomic E-state index is 14.8. The van der Waals surface area contributed by atoms with E-state index in [4.69, 9.17) is 98.4 Å². The van der Waals surface area contributed by atoms with Gasteiger partial charge in [-0.2, -0.15) is 0 Å². The Bertz CT molecular complexity index is 3400. The van der Waals surface area contributed by atoms with Gasteiger partial charge in [-0.05, 0) is 66.8 Å². The lowest BCUT2D eigenvalue weighted by molar-refractivity contribution is -0.271. The molecule has 2 amide bonds. The lowest BCUT2D eigenvalue weighted by Crippen LogP contribution is -2.61. The van der Waals surface area contributed by atoms with Crippen LogP contribution in [-0.2, 0) is 88.5 Å². The van der Waals surface area contributed by atoms with Gasteiger partial charge in [0.2, 0.25) is 6.29 Å². The average molecular weight is 1470 g/mol. The van der Waals surface area contributed by atoms with E-state index >= 15 is 0 Å². The number of hydrogen-bond donors (Lipinski definition) is 7. The van der Waals surface area contributed by atoms with Crippen molar-refractivity contribution in [3.05, 3.63) is 140 Å². The molecule has 0 bridgehead atoms.